The van der Waals surface area contributed by atoms with Gasteiger partial charge in [-0.2, -0.15) is 0 Å². The molecule has 1 N–H and O–H groups in total. The third kappa shape index (κ3) is 4.71. The molecule has 0 fully saturated rings. The summed E-state index contributed by atoms with van der Waals surface area (Å²) >= 11 is 0. The van der Waals surface area contributed by atoms with E-state index in [1.807, 2.05) is 0 Å². The lowest BCUT2D eigenvalue weighted by atomic mass is 10.1. The summed E-state index contributed by atoms with van der Waals surface area (Å²) < 4.78 is 23.5. The van der Waals surface area contributed by atoms with Crippen LogP contribution in [-0.2, 0) is 11.3 Å². The molecule has 0 spiro atoms. The predicted molar refractivity (Wildman–Crippen MR) is 65.7 cm³/mol. The molecule has 0 bridgehead atoms. The highest BCUT2D eigenvalue weighted by atomic mass is 19.1. The molecule has 0 aliphatic rings. The van der Waals surface area contributed by atoms with E-state index in [9.17, 15) is 4.39 Å². The fourth-order valence-corrected chi connectivity index (χ4v) is 1.48. The van der Waals surface area contributed by atoms with Crippen LogP contribution in [0, 0.1) is 5.82 Å². The summed E-state index contributed by atoms with van der Waals surface area (Å²) in [6.45, 7) is 3.28. The predicted octanol–water partition coefficient (Wildman–Crippen LogP) is 2.35. The molecule has 4 heteroatoms. The van der Waals surface area contributed by atoms with Gasteiger partial charge in [-0.25, -0.2) is 4.39 Å². The number of ether oxygens (including phenoxy) is 2. The van der Waals surface area contributed by atoms with Gasteiger partial charge in [0.1, 0.15) is 11.6 Å². The Kier molecular flexibility index (Phi) is 5.94. The van der Waals surface area contributed by atoms with Crippen molar-refractivity contribution in [3.05, 3.63) is 29.6 Å². The van der Waals surface area contributed by atoms with Crippen LogP contribution in [0.5, 0.6) is 5.75 Å². The Morgan fingerprint density at radius 1 is 1.35 bits per heavy atom. The summed E-state index contributed by atoms with van der Waals surface area (Å²) in [5.41, 5.74) is 0.648. The maximum Gasteiger partial charge on any atom is 0.131 e. The van der Waals surface area contributed by atoms with E-state index < -0.39 is 0 Å². The Labute approximate surface area is 102 Å². The van der Waals surface area contributed by atoms with Gasteiger partial charge in [0.05, 0.1) is 7.11 Å². The Hall–Kier alpha value is -1.13. The van der Waals surface area contributed by atoms with Crippen LogP contribution in [0.3, 0.4) is 0 Å². The minimum Gasteiger partial charge on any atom is -0.497 e. The summed E-state index contributed by atoms with van der Waals surface area (Å²) in [4.78, 5) is 0. The van der Waals surface area contributed by atoms with Crippen molar-refractivity contribution in [1.29, 1.82) is 0 Å². The van der Waals surface area contributed by atoms with E-state index in [2.05, 4.69) is 12.2 Å². The quantitative estimate of drug-likeness (QED) is 0.795. The lowest BCUT2D eigenvalue weighted by molar-refractivity contribution is 0.184. The molecule has 0 aliphatic heterocycles. The van der Waals surface area contributed by atoms with Crippen LogP contribution >= 0.6 is 0 Å². The number of hydrogen-bond donors (Lipinski definition) is 1. The minimum absolute atomic E-state index is 0.240. The molecule has 0 saturated carbocycles. The molecule has 17 heavy (non-hydrogen) atoms. The summed E-state index contributed by atoms with van der Waals surface area (Å²) in [7, 11) is 3.20. The number of nitrogens with one attached hydrogen (secondary N) is 1. The van der Waals surface area contributed by atoms with Gasteiger partial charge in [-0.3, -0.25) is 0 Å². The van der Waals surface area contributed by atoms with Crippen LogP contribution in [0.2, 0.25) is 0 Å². The van der Waals surface area contributed by atoms with Gasteiger partial charge in [-0.1, -0.05) is 6.07 Å². The number of hydrogen-bond acceptors (Lipinski definition) is 3. The highest BCUT2D eigenvalue weighted by Gasteiger charge is 2.06. The molecule has 0 saturated heterocycles. The average molecular weight is 241 g/mol. The lowest BCUT2D eigenvalue weighted by Crippen LogP contribution is -2.27. The third-order valence-electron chi connectivity index (χ3n) is 2.66. The molecule has 0 amide bonds. The van der Waals surface area contributed by atoms with Crippen LogP contribution < -0.4 is 10.1 Å². The van der Waals surface area contributed by atoms with E-state index in [1.165, 1.54) is 13.2 Å². The molecule has 1 rings (SSSR count). The number of methoxy groups -OCH3 is 2. The maximum absolute atomic E-state index is 13.6. The Bertz CT molecular complexity index is 344. The molecule has 1 aromatic carbocycles. The highest BCUT2D eigenvalue weighted by molar-refractivity contribution is 5.28. The van der Waals surface area contributed by atoms with E-state index in [-0.39, 0.29) is 5.82 Å². The molecule has 1 aromatic rings. The van der Waals surface area contributed by atoms with Gasteiger partial charge in [0.2, 0.25) is 0 Å². The van der Waals surface area contributed by atoms with Crippen molar-refractivity contribution in [2.75, 3.05) is 20.8 Å². The van der Waals surface area contributed by atoms with E-state index in [4.69, 9.17) is 9.47 Å². The number of rotatable bonds is 7. The van der Waals surface area contributed by atoms with Gasteiger partial charge in [-0.15, -0.1) is 0 Å². The van der Waals surface area contributed by atoms with Crippen LogP contribution in [0.1, 0.15) is 18.9 Å². The van der Waals surface area contributed by atoms with Crippen LogP contribution in [-0.4, -0.2) is 26.9 Å². The SMILES string of the molecule is COCCC(C)NCc1ccc(OC)cc1F. The number of benzene rings is 1. The number of halogens is 1. The smallest absolute Gasteiger partial charge is 0.131 e. The summed E-state index contributed by atoms with van der Waals surface area (Å²) in [5, 5.41) is 3.25. The van der Waals surface area contributed by atoms with Crippen molar-refractivity contribution in [3.8, 4) is 5.75 Å². The average Bonchev–Trinajstić information content (AvgIpc) is 2.34. The molecule has 3 nitrogen and oxygen atoms in total. The van der Waals surface area contributed by atoms with Gasteiger partial charge >= 0.3 is 0 Å². The zero-order valence-electron chi connectivity index (χ0n) is 10.6. The lowest BCUT2D eigenvalue weighted by Gasteiger charge is -2.13. The third-order valence-corrected chi connectivity index (χ3v) is 2.66. The second-order valence-corrected chi connectivity index (χ2v) is 4.02. The van der Waals surface area contributed by atoms with Gasteiger partial charge < -0.3 is 14.8 Å². The first-order chi connectivity index (χ1) is 8.17. The molecular formula is C13H20FNO2. The first-order valence-electron chi connectivity index (χ1n) is 5.72. The molecule has 1 unspecified atom stereocenters. The highest BCUT2D eigenvalue weighted by Crippen LogP contribution is 2.16. The summed E-state index contributed by atoms with van der Waals surface area (Å²) in [6.07, 6.45) is 0.911. The maximum atomic E-state index is 13.6. The zero-order valence-corrected chi connectivity index (χ0v) is 10.6. The van der Waals surface area contributed by atoms with Crippen LogP contribution in [0.4, 0.5) is 4.39 Å². The molecule has 1 atom stereocenters. The van der Waals surface area contributed by atoms with Crippen molar-refractivity contribution in [3.63, 3.8) is 0 Å². The normalized spacial score (nSPS) is 12.5. The molecule has 0 aromatic heterocycles. The van der Waals surface area contributed by atoms with Gasteiger partial charge in [-0.05, 0) is 19.4 Å². The molecule has 0 radical (unpaired) electrons. The van der Waals surface area contributed by atoms with Gasteiger partial charge in [0, 0.05) is 37.9 Å². The van der Waals surface area contributed by atoms with Gasteiger partial charge in [0.25, 0.3) is 0 Å². The van der Waals surface area contributed by atoms with Crippen LogP contribution in [0.25, 0.3) is 0 Å². The Balaban J connectivity index is 2.46. The fraction of sp³-hybridized carbons (Fsp3) is 0.538. The molecule has 0 aliphatic carbocycles. The Morgan fingerprint density at radius 3 is 2.71 bits per heavy atom. The monoisotopic (exact) mass is 241 g/mol. The van der Waals surface area contributed by atoms with E-state index >= 15 is 0 Å². The first-order valence-corrected chi connectivity index (χ1v) is 5.72. The van der Waals surface area contributed by atoms with Crippen molar-refractivity contribution in [2.24, 2.45) is 0 Å². The van der Waals surface area contributed by atoms with Crippen LogP contribution in [0.15, 0.2) is 18.2 Å². The molecule has 0 heterocycles. The van der Waals surface area contributed by atoms with E-state index in [0.717, 1.165) is 6.42 Å². The Morgan fingerprint density at radius 2 is 2.12 bits per heavy atom. The minimum atomic E-state index is -0.240. The van der Waals surface area contributed by atoms with Gasteiger partial charge in [0.15, 0.2) is 0 Å². The van der Waals surface area contributed by atoms with Crippen molar-refractivity contribution in [1.82, 2.24) is 5.32 Å². The van der Waals surface area contributed by atoms with Crippen molar-refractivity contribution in [2.45, 2.75) is 25.9 Å². The van der Waals surface area contributed by atoms with E-state index in [1.54, 1.807) is 19.2 Å². The second-order valence-electron chi connectivity index (χ2n) is 4.02. The van der Waals surface area contributed by atoms with Crippen molar-refractivity contribution >= 4 is 0 Å². The largest absolute Gasteiger partial charge is 0.497 e. The first kappa shape index (κ1) is 13.9. The second kappa shape index (κ2) is 7.25. The molecular weight excluding hydrogens is 221 g/mol. The standard InChI is InChI=1S/C13H20FNO2/c1-10(6-7-16-2)15-9-11-4-5-12(17-3)8-13(11)14/h4-5,8,10,15H,6-7,9H2,1-3H3. The summed E-state index contributed by atoms with van der Waals surface area (Å²) in [6, 6.07) is 5.21. The molecule has 96 valence electrons. The zero-order chi connectivity index (χ0) is 12.7. The summed E-state index contributed by atoms with van der Waals surface area (Å²) in [5.74, 6) is 0.300. The fourth-order valence-electron chi connectivity index (χ4n) is 1.48. The topological polar surface area (TPSA) is 30.5 Å². The van der Waals surface area contributed by atoms with E-state index in [0.29, 0.717) is 30.5 Å². The van der Waals surface area contributed by atoms with Crippen molar-refractivity contribution < 1.29 is 13.9 Å².